The number of nitrogens with zero attached hydrogens (tertiary/aromatic N) is 1. The number of hydrogen-bond acceptors (Lipinski definition) is 3. The highest BCUT2D eigenvalue weighted by molar-refractivity contribution is 6.30. The Morgan fingerprint density at radius 2 is 2.00 bits per heavy atom. The zero-order valence-corrected chi connectivity index (χ0v) is 12.0. The molecule has 4 heteroatoms. The summed E-state index contributed by atoms with van der Waals surface area (Å²) in [5, 5.41) is 4.17. The van der Waals surface area contributed by atoms with Gasteiger partial charge in [0.25, 0.3) is 0 Å². The normalized spacial score (nSPS) is 18.8. The van der Waals surface area contributed by atoms with Crippen molar-refractivity contribution in [1.82, 2.24) is 5.32 Å². The molecule has 100 valence electrons. The SMILES string of the molecule is CNC1(C)CCN(c2cc(Cl)ccc2OC)CC1. The van der Waals surface area contributed by atoms with Crippen LogP contribution in [0.25, 0.3) is 0 Å². The Bertz CT molecular complexity index is 414. The quantitative estimate of drug-likeness (QED) is 0.912. The van der Waals surface area contributed by atoms with Gasteiger partial charge >= 0.3 is 0 Å². The van der Waals surface area contributed by atoms with Crippen molar-refractivity contribution in [1.29, 1.82) is 0 Å². The fourth-order valence-corrected chi connectivity index (χ4v) is 2.57. The second-order valence-corrected chi connectivity index (χ2v) is 5.55. The van der Waals surface area contributed by atoms with E-state index in [0.717, 1.165) is 42.4 Å². The topological polar surface area (TPSA) is 24.5 Å². The van der Waals surface area contributed by atoms with Crippen LogP contribution >= 0.6 is 11.6 Å². The highest BCUT2D eigenvalue weighted by atomic mass is 35.5. The molecular formula is C14H21ClN2O. The van der Waals surface area contributed by atoms with E-state index in [1.165, 1.54) is 0 Å². The lowest BCUT2D eigenvalue weighted by Crippen LogP contribution is -2.50. The minimum absolute atomic E-state index is 0.252. The maximum absolute atomic E-state index is 6.08. The van der Waals surface area contributed by atoms with Crippen molar-refractivity contribution in [3.05, 3.63) is 23.2 Å². The lowest BCUT2D eigenvalue weighted by Gasteiger charge is -2.40. The van der Waals surface area contributed by atoms with Gasteiger partial charge < -0.3 is 15.0 Å². The smallest absolute Gasteiger partial charge is 0.142 e. The van der Waals surface area contributed by atoms with E-state index in [-0.39, 0.29) is 5.54 Å². The molecule has 1 fully saturated rings. The highest BCUT2D eigenvalue weighted by Gasteiger charge is 2.29. The largest absolute Gasteiger partial charge is 0.495 e. The van der Waals surface area contributed by atoms with Gasteiger partial charge in [0.1, 0.15) is 5.75 Å². The van der Waals surface area contributed by atoms with Crippen molar-refractivity contribution in [2.24, 2.45) is 0 Å². The first-order chi connectivity index (χ1) is 8.58. The van der Waals surface area contributed by atoms with Crippen molar-refractivity contribution in [2.45, 2.75) is 25.3 Å². The van der Waals surface area contributed by atoms with Crippen molar-refractivity contribution >= 4 is 17.3 Å². The molecule has 1 aliphatic rings. The van der Waals surface area contributed by atoms with Gasteiger partial charge in [-0.2, -0.15) is 0 Å². The fraction of sp³-hybridized carbons (Fsp3) is 0.571. The molecule has 1 aromatic carbocycles. The number of rotatable bonds is 3. The molecule has 1 heterocycles. The molecule has 0 unspecified atom stereocenters. The van der Waals surface area contributed by atoms with Crippen LogP contribution in [0.15, 0.2) is 18.2 Å². The Hall–Kier alpha value is -0.930. The summed E-state index contributed by atoms with van der Waals surface area (Å²) in [6.45, 7) is 4.32. The summed E-state index contributed by atoms with van der Waals surface area (Å²) in [5.41, 5.74) is 1.35. The number of piperidine rings is 1. The summed E-state index contributed by atoms with van der Waals surface area (Å²) in [7, 11) is 3.74. The number of ether oxygens (including phenoxy) is 1. The number of hydrogen-bond donors (Lipinski definition) is 1. The Morgan fingerprint density at radius 1 is 1.33 bits per heavy atom. The summed E-state index contributed by atoms with van der Waals surface area (Å²) in [6.07, 6.45) is 2.25. The van der Waals surface area contributed by atoms with Crippen LogP contribution in [0, 0.1) is 0 Å². The number of halogens is 1. The highest BCUT2D eigenvalue weighted by Crippen LogP contribution is 2.34. The van der Waals surface area contributed by atoms with Crippen LogP contribution < -0.4 is 15.0 Å². The van der Waals surface area contributed by atoms with Gasteiger partial charge in [-0.15, -0.1) is 0 Å². The molecular weight excluding hydrogens is 248 g/mol. The molecule has 0 bridgehead atoms. The van der Waals surface area contributed by atoms with Crippen LogP contribution in [0.1, 0.15) is 19.8 Å². The number of nitrogens with one attached hydrogen (secondary N) is 1. The van der Waals surface area contributed by atoms with Gasteiger partial charge in [0.15, 0.2) is 0 Å². The van der Waals surface area contributed by atoms with Crippen LogP contribution in [0.3, 0.4) is 0 Å². The summed E-state index contributed by atoms with van der Waals surface area (Å²) >= 11 is 6.08. The fourth-order valence-electron chi connectivity index (χ4n) is 2.40. The summed E-state index contributed by atoms with van der Waals surface area (Å²) in [6, 6.07) is 5.79. The molecule has 0 amide bonds. The van der Waals surface area contributed by atoms with Crippen LogP contribution in [0.5, 0.6) is 5.75 Å². The number of methoxy groups -OCH3 is 1. The van der Waals surface area contributed by atoms with Gasteiger partial charge in [0.2, 0.25) is 0 Å². The second kappa shape index (κ2) is 5.37. The van der Waals surface area contributed by atoms with E-state index in [9.17, 15) is 0 Å². The van der Waals surface area contributed by atoms with Crippen molar-refractivity contribution < 1.29 is 4.74 Å². The molecule has 0 aromatic heterocycles. The Balaban J connectivity index is 2.16. The molecule has 0 spiro atoms. The molecule has 0 atom stereocenters. The summed E-state index contributed by atoms with van der Waals surface area (Å²) in [4.78, 5) is 2.35. The zero-order valence-electron chi connectivity index (χ0n) is 11.3. The molecule has 1 saturated heterocycles. The van der Waals surface area contributed by atoms with E-state index in [1.54, 1.807) is 7.11 Å². The van der Waals surface area contributed by atoms with Gasteiger partial charge in [-0.25, -0.2) is 0 Å². The Kier molecular flexibility index (Phi) is 4.03. The maximum atomic E-state index is 6.08. The van der Waals surface area contributed by atoms with E-state index in [1.807, 2.05) is 25.2 Å². The van der Waals surface area contributed by atoms with Gasteiger partial charge in [-0.05, 0) is 45.0 Å². The molecule has 1 aliphatic heterocycles. The van der Waals surface area contributed by atoms with E-state index in [2.05, 4.69) is 17.1 Å². The molecule has 3 nitrogen and oxygen atoms in total. The monoisotopic (exact) mass is 268 g/mol. The molecule has 0 radical (unpaired) electrons. The van der Waals surface area contributed by atoms with Crippen LogP contribution in [-0.2, 0) is 0 Å². The maximum Gasteiger partial charge on any atom is 0.142 e. The zero-order chi connectivity index (χ0) is 13.2. The van der Waals surface area contributed by atoms with Crippen LogP contribution in [0.4, 0.5) is 5.69 Å². The standard InChI is InChI=1S/C14H21ClN2O/c1-14(16-2)6-8-17(9-7-14)12-10-11(15)4-5-13(12)18-3/h4-5,10,16H,6-9H2,1-3H3. The van der Waals surface area contributed by atoms with E-state index >= 15 is 0 Å². The van der Waals surface area contributed by atoms with Crippen LogP contribution in [0.2, 0.25) is 5.02 Å². The summed E-state index contributed by atoms with van der Waals surface area (Å²) < 4.78 is 5.42. The molecule has 2 rings (SSSR count). The lowest BCUT2D eigenvalue weighted by molar-refractivity contribution is 0.303. The van der Waals surface area contributed by atoms with E-state index in [4.69, 9.17) is 16.3 Å². The predicted octanol–water partition coefficient (Wildman–Crippen LogP) is 2.93. The van der Waals surface area contributed by atoms with Gasteiger partial charge in [0.05, 0.1) is 12.8 Å². The molecule has 0 aliphatic carbocycles. The minimum atomic E-state index is 0.252. The Labute approximate surface area is 114 Å². The summed E-state index contributed by atoms with van der Waals surface area (Å²) in [5.74, 6) is 0.896. The minimum Gasteiger partial charge on any atom is -0.495 e. The van der Waals surface area contributed by atoms with Gasteiger partial charge in [0, 0.05) is 23.7 Å². The first-order valence-electron chi connectivity index (χ1n) is 6.35. The van der Waals surface area contributed by atoms with Crippen molar-refractivity contribution in [3.63, 3.8) is 0 Å². The Morgan fingerprint density at radius 3 is 2.56 bits per heavy atom. The average molecular weight is 269 g/mol. The molecule has 1 aromatic rings. The molecule has 1 N–H and O–H groups in total. The molecule has 0 saturated carbocycles. The third-order valence-electron chi connectivity index (χ3n) is 3.95. The predicted molar refractivity (Wildman–Crippen MR) is 76.9 cm³/mol. The first kappa shape index (κ1) is 13.5. The lowest BCUT2D eigenvalue weighted by atomic mass is 9.89. The third kappa shape index (κ3) is 2.73. The number of anilines is 1. The molecule has 18 heavy (non-hydrogen) atoms. The average Bonchev–Trinajstić information content (AvgIpc) is 2.39. The first-order valence-corrected chi connectivity index (χ1v) is 6.73. The third-order valence-corrected chi connectivity index (χ3v) is 4.19. The van der Waals surface area contributed by atoms with Gasteiger partial charge in [-0.1, -0.05) is 11.6 Å². The van der Waals surface area contributed by atoms with E-state index in [0.29, 0.717) is 0 Å². The van der Waals surface area contributed by atoms with Crippen molar-refractivity contribution in [2.75, 3.05) is 32.1 Å². The van der Waals surface area contributed by atoms with E-state index < -0.39 is 0 Å². The van der Waals surface area contributed by atoms with Crippen molar-refractivity contribution in [3.8, 4) is 5.75 Å². The number of benzene rings is 1. The van der Waals surface area contributed by atoms with Gasteiger partial charge in [-0.3, -0.25) is 0 Å². The second-order valence-electron chi connectivity index (χ2n) is 5.11. The van der Waals surface area contributed by atoms with Crippen LogP contribution in [-0.4, -0.2) is 32.8 Å².